The van der Waals surface area contributed by atoms with Gasteiger partial charge in [-0.1, -0.05) is 6.92 Å². The van der Waals surface area contributed by atoms with E-state index in [1.54, 1.807) is 6.92 Å². The Bertz CT molecular complexity index is 305. The van der Waals surface area contributed by atoms with Gasteiger partial charge < -0.3 is 21.1 Å². The van der Waals surface area contributed by atoms with Crippen LogP contribution in [0.1, 0.15) is 33.1 Å². The van der Waals surface area contributed by atoms with Gasteiger partial charge in [0.05, 0.1) is 0 Å². The number of rotatable bonds is 8. The molecule has 1 unspecified atom stereocenters. The van der Waals surface area contributed by atoms with Gasteiger partial charge in [0.15, 0.2) is 0 Å². The summed E-state index contributed by atoms with van der Waals surface area (Å²) in [4.78, 5) is 22.8. The maximum absolute atomic E-state index is 11.6. The van der Waals surface area contributed by atoms with E-state index in [-0.39, 0.29) is 5.92 Å². The number of aliphatic carboxylic acids is 1. The number of carbonyl (C=O) groups excluding carboxylic acids is 1. The Morgan fingerprint density at radius 1 is 1.33 bits per heavy atom. The first-order valence-corrected chi connectivity index (χ1v) is 6.50. The lowest BCUT2D eigenvalue weighted by atomic mass is 9.96. The zero-order chi connectivity index (χ0) is 13.6. The second kappa shape index (κ2) is 6.58. The Morgan fingerprint density at radius 3 is 2.50 bits per heavy atom. The van der Waals surface area contributed by atoms with Crippen molar-refractivity contribution in [1.29, 1.82) is 0 Å². The van der Waals surface area contributed by atoms with Crippen molar-refractivity contribution in [2.75, 3.05) is 19.6 Å². The van der Waals surface area contributed by atoms with E-state index >= 15 is 0 Å². The summed E-state index contributed by atoms with van der Waals surface area (Å²) in [6.07, 6.45) is 2.56. The number of amides is 2. The van der Waals surface area contributed by atoms with Crippen LogP contribution in [0.15, 0.2) is 0 Å². The average Bonchev–Trinajstić information content (AvgIpc) is 3.12. The molecule has 0 aromatic carbocycles. The van der Waals surface area contributed by atoms with Crippen LogP contribution in [0.5, 0.6) is 0 Å². The fraction of sp³-hybridized carbons (Fsp3) is 0.833. The van der Waals surface area contributed by atoms with E-state index in [4.69, 9.17) is 0 Å². The van der Waals surface area contributed by atoms with Crippen molar-refractivity contribution in [3.05, 3.63) is 0 Å². The molecule has 6 heteroatoms. The Balaban J connectivity index is 2.27. The van der Waals surface area contributed by atoms with Crippen molar-refractivity contribution in [1.82, 2.24) is 16.0 Å². The molecule has 1 atom stereocenters. The SMILES string of the molecule is CCNCCCNC(=O)NC(C)(C(=O)O)C1CC1. The zero-order valence-corrected chi connectivity index (χ0v) is 11.1. The predicted octanol–water partition coefficient (Wildman–Crippen LogP) is 0.539. The molecule has 0 heterocycles. The number of hydrogen-bond donors (Lipinski definition) is 4. The van der Waals surface area contributed by atoms with Crippen LogP contribution in [-0.2, 0) is 4.79 Å². The highest BCUT2D eigenvalue weighted by Gasteiger charge is 2.48. The Kier molecular flexibility index (Phi) is 5.40. The number of urea groups is 1. The minimum absolute atomic E-state index is 0.0579. The molecule has 4 N–H and O–H groups in total. The molecule has 1 aliphatic rings. The monoisotopic (exact) mass is 257 g/mol. The fourth-order valence-electron chi connectivity index (χ4n) is 1.86. The first-order valence-electron chi connectivity index (χ1n) is 6.50. The highest BCUT2D eigenvalue weighted by atomic mass is 16.4. The van der Waals surface area contributed by atoms with Gasteiger partial charge in [0, 0.05) is 6.54 Å². The van der Waals surface area contributed by atoms with Gasteiger partial charge in [0.1, 0.15) is 5.54 Å². The summed E-state index contributed by atoms with van der Waals surface area (Å²) < 4.78 is 0. The number of carboxylic acids is 1. The van der Waals surface area contributed by atoms with Crippen molar-refractivity contribution in [3.63, 3.8) is 0 Å². The second-order valence-corrected chi connectivity index (χ2v) is 4.87. The second-order valence-electron chi connectivity index (χ2n) is 4.87. The van der Waals surface area contributed by atoms with E-state index < -0.39 is 17.5 Å². The lowest BCUT2D eigenvalue weighted by molar-refractivity contribution is -0.144. The summed E-state index contributed by atoms with van der Waals surface area (Å²) in [6.45, 7) is 5.89. The van der Waals surface area contributed by atoms with Gasteiger partial charge in [-0.25, -0.2) is 9.59 Å². The largest absolute Gasteiger partial charge is 0.480 e. The van der Waals surface area contributed by atoms with Crippen LogP contribution in [0.3, 0.4) is 0 Å². The van der Waals surface area contributed by atoms with E-state index in [1.165, 1.54) is 0 Å². The van der Waals surface area contributed by atoms with Crippen LogP contribution in [-0.4, -0.2) is 42.3 Å². The highest BCUT2D eigenvalue weighted by Crippen LogP contribution is 2.39. The van der Waals surface area contributed by atoms with Crippen LogP contribution in [0.25, 0.3) is 0 Å². The smallest absolute Gasteiger partial charge is 0.329 e. The Hall–Kier alpha value is -1.30. The number of carboxylic acid groups (broad SMARTS) is 1. The topological polar surface area (TPSA) is 90.5 Å². The average molecular weight is 257 g/mol. The van der Waals surface area contributed by atoms with Gasteiger partial charge in [0.2, 0.25) is 0 Å². The number of hydrogen-bond acceptors (Lipinski definition) is 3. The molecule has 1 fully saturated rings. The highest BCUT2D eigenvalue weighted by molar-refractivity contribution is 5.86. The maximum Gasteiger partial charge on any atom is 0.329 e. The summed E-state index contributed by atoms with van der Waals surface area (Å²) in [7, 11) is 0. The minimum Gasteiger partial charge on any atom is -0.480 e. The zero-order valence-electron chi connectivity index (χ0n) is 11.1. The molecule has 0 aliphatic heterocycles. The quantitative estimate of drug-likeness (QED) is 0.478. The van der Waals surface area contributed by atoms with Gasteiger partial charge in [-0.2, -0.15) is 0 Å². The summed E-state index contributed by atoms with van der Waals surface area (Å²) in [5.74, 6) is -0.907. The van der Waals surface area contributed by atoms with Crippen molar-refractivity contribution >= 4 is 12.0 Å². The van der Waals surface area contributed by atoms with E-state index in [0.29, 0.717) is 6.54 Å². The number of nitrogens with one attached hydrogen (secondary N) is 3. The standard InChI is InChI=1S/C12H23N3O3/c1-3-13-7-4-8-14-11(18)15-12(2,10(16)17)9-5-6-9/h9,13H,3-8H2,1-2H3,(H,16,17)(H2,14,15,18). The molecular weight excluding hydrogens is 234 g/mol. The van der Waals surface area contributed by atoms with Gasteiger partial charge in [0.25, 0.3) is 0 Å². The summed E-state index contributed by atoms with van der Waals surface area (Å²) in [5, 5.41) is 17.6. The van der Waals surface area contributed by atoms with Crippen LogP contribution in [0.4, 0.5) is 4.79 Å². The molecule has 0 bridgehead atoms. The van der Waals surface area contributed by atoms with Gasteiger partial charge in [-0.15, -0.1) is 0 Å². The summed E-state index contributed by atoms with van der Waals surface area (Å²) in [5.41, 5.74) is -1.13. The third-order valence-electron chi connectivity index (χ3n) is 3.28. The van der Waals surface area contributed by atoms with Gasteiger partial charge in [-0.05, 0) is 45.2 Å². The number of carbonyl (C=O) groups is 2. The van der Waals surface area contributed by atoms with Crippen LogP contribution in [0.2, 0.25) is 0 Å². The van der Waals surface area contributed by atoms with Crippen molar-refractivity contribution in [3.8, 4) is 0 Å². The Morgan fingerprint density at radius 2 is 2.00 bits per heavy atom. The molecule has 0 saturated heterocycles. The fourth-order valence-corrected chi connectivity index (χ4v) is 1.86. The molecule has 104 valence electrons. The first-order chi connectivity index (χ1) is 8.50. The van der Waals surface area contributed by atoms with Gasteiger partial charge >= 0.3 is 12.0 Å². The molecular formula is C12H23N3O3. The molecule has 2 amide bonds. The molecule has 1 aliphatic carbocycles. The van der Waals surface area contributed by atoms with Crippen LogP contribution in [0, 0.1) is 5.92 Å². The van der Waals surface area contributed by atoms with Crippen molar-refractivity contribution < 1.29 is 14.7 Å². The third-order valence-corrected chi connectivity index (χ3v) is 3.28. The minimum atomic E-state index is -1.13. The Labute approximate surface area is 108 Å². The summed E-state index contributed by atoms with van der Waals surface area (Å²) in [6, 6.07) is -0.400. The molecule has 1 saturated carbocycles. The molecule has 1 rings (SSSR count). The molecule has 6 nitrogen and oxygen atoms in total. The van der Waals surface area contributed by atoms with Crippen molar-refractivity contribution in [2.24, 2.45) is 5.92 Å². The molecule has 0 radical (unpaired) electrons. The third kappa shape index (κ3) is 4.18. The first kappa shape index (κ1) is 14.8. The molecule has 0 aromatic rings. The van der Waals surface area contributed by atoms with E-state index in [0.717, 1.165) is 32.4 Å². The van der Waals surface area contributed by atoms with Crippen molar-refractivity contribution in [2.45, 2.75) is 38.6 Å². The molecule has 18 heavy (non-hydrogen) atoms. The molecule has 0 spiro atoms. The maximum atomic E-state index is 11.6. The lowest BCUT2D eigenvalue weighted by Crippen LogP contribution is -2.56. The van der Waals surface area contributed by atoms with Gasteiger partial charge in [-0.3, -0.25) is 0 Å². The van der Waals surface area contributed by atoms with E-state index in [2.05, 4.69) is 16.0 Å². The lowest BCUT2D eigenvalue weighted by Gasteiger charge is -2.26. The van der Waals surface area contributed by atoms with E-state index in [1.807, 2.05) is 6.92 Å². The van der Waals surface area contributed by atoms with Crippen LogP contribution >= 0.6 is 0 Å². The summed E-state index contributed by atoms with van der Waals surface area (Å²) >= 11 is 0. The molecule has 0 aromatic heterocycles. The van der Waals surface area contributed by atoms with Crippen LogP contribution < -0.4 is 16.0 Å². The normalized spacial score (nSPS) is 17.9. The predicted molar refractivity (Wildman–Crippen MR) is 68.5 cm³/mol. The van der Waals surface area contributed by atoms with E-state index in [9.17, 15) is 14.7 Å².